The van der Waals surface area contributed by atoms with E-state index >= 15 is 0 Å². The van der Waals surface area contributed by atoms with Crippen LogP contribution in [0.4, 0.5) is 0 Å². The molecule has 0 aliphatic carbocycles. The fourth-order valence-electron chi connectivity index (χ4n) is 4.33. The van der Waals surface area contributed by atoms with Gasteiger partial charge in [0.15, 0.2) is 6.29 Å². The number of aliphatic hydroxyl groups is 6. The molecule has 8 atom stereocenters. The number of hydrogen-bond donors (Lipinski definition) is 8. The Balaban J connectivity index is 2.36. The Morgan fingerprint density at radius 2 is 1.47 bits per heavy atom. The highest BCUT2D eigenvalue weighted by Gasteiger charge is 2.44. The summed E-state index contributed by atoms with van der Waals surface area (Å²) in [7, 11) is 0. The van der Waals surface area contributed by atoms with Gasteiger partial charge >= 0.3 is 0 Å². The van der Waals surface area contributed by atoms with Crippen molar-refractivity contribution in [3.05, 3.63) is 0 Å². The monoisotopic (exact) mass is 550 g/mol. The minimum atomic E-state index is -1.61. The molecule has 8 N–H and O–H groups in total. The maximum atomic E-state index is 12.5. The van der Waals surface area contributed by atoms with Crippen LogP contribution in [0, 0.1) is 0 Å². The normalized spacial score (nSPS) is 25.9. The van der Waals surface area contributed by atoms with Gasteiger partial charge in [-0.25, -0.2) is 0 Å². The van der Waals surface area contributed by atoms with Crippen LogP contribution in [0.15, 0.2) is 0 Å². The zero-order chi connectivity index (χ0) is 28.5. The summed E-state index contributed by atoms with van der Waals surface area (Å²) < 4.78 is 10.8. The van der Waals surface area contributed by atoms with Crippen molar-refractivity contribution in [1.29, 1.82) is 0 Å². The first-order valence-corrected chi connectivity index (χ1v) is 13.9. The van der Waals surface area contributed by atoms with Crippen molar-refractivity contribution in [3.8, 4) is 0 Å². The second-order valence-corrected chi connectivity index (χ2v) is 10.1. The van der Waals surface area contributed by atoms with Crippen molar-refractivity contribution in [3.63, 3.8) is 0 Å². The van der Waals surface area contributed by atoms with Gasteiger partial charge in [-0.2, -0.15) is 0 Å². The van der Waals surface area contributed by atoms with Crippen molar-refractivity contribution in [2.45, 2.75) is 133 Å². The molecule has 0 saturated carbocycles. The van der Waals surface area contributed by atoms with E-state index in [4.69, 9.17) is 9.47 Å². The lowest BCUT2D eigenvalue weighted by Crippen LogP contribution is -2.60. The van der Waals surface area contributed by atoms with Crippen LogP contribution in [0.3, 0.4) is 0 Å². The van der Waals surface area contributed by atoms with Crippen LogP contribution in [0.5, 0.6) is 0 Å². The Morgan fingerprint density at radius 1 is 0.895 bits per heavy atom. The molecular weight excluding hydrogens is 500 g/mol. The highest BCUT2D eigenvalue weighted by molar-refractivity contribution is 5.76. The molecule has 0 bridgehead atoms. The topological polar surface area (TPSA) is 198 Å². The van der Waals surface area contributed by atoms with Gasteiger partial charge in [0, 0.05) is 19.9 Å². The molecule has 12 nitrogen and oxygen atoms in total. The van der Waals surface area contributed by atoms with Crippen LogP contribution in [-0.2, 0) is 19.1 Å². The Kier molecular flexibility index (Phi) is 17.9. The van der Waals surface area contributed by atoms with E-state index < -0.39 is 55.6 Å². The molecule has 1 heterocycles. The van der Waals surface area contributed by atoms with Gasteiger partial charge in [0.2, 0.25) is 11.8 Å². The van der Waals surface area contributed by atoms with Crippen molar-refractivity contribution in [2.24, 2.45) is 0 Å². The summed E-state index contributed by atoms with van der Waals surface area (Å²) in [6, 6.07) is -1.00. The maximum absolute atomic E-state index is 12.5. The first kappa shape index (κ1) is 34.6. The van der Waals surface area contributed by atoms with Gasteiger partial charge in [-0.3, -0.25) is 9.59 Å². The predicted molar refractivity (Wildman–Crippen MR) is 139 cm³/mol. The summed E-state index contributed by atoms with van der Waals surface area (Å²) in [6.45, 7) is 2.98. The molecule has 1 saturated heterocycles. The molecule has 0 aromatic rings. The Bertz CT molecular complexity index is 654. The van der Waals surface area contributed by atoms with Gasteiger partial charge < -0.3 is 50.7 Å². The smallest absolute Gasteiger partial charge is 0.220 e. The molecule has 38 heavy (non-hydrogen) atoms. The van der Waals surface area contributed by atoms with Crippen molar-refractivity contribution >= 4 is 11.8 Å². The summed E-state index contributed by atoms with van der Waals surface area (Å²) in [5.41, 5.74) is 0. The van der Waals surface area contributed by atoms with Crippen LogP contribution < -0.4 is 10.6 Å². The van der Waals surface area contributed by atoms with Gasteiger partial charge in [-0.1, -0.05) is 51.9 Å². The Labute approximate surface area is 225 Å². The summed E-state index contributed by atoms with van der Waals surface area (Å²) in [5, 5.41) is 65.3. The van der Waals surface area contributed by atoms with E-state index in [1.807, 2.05) is 0 Å². The zero-order valence-corrected chi connectivity index (χ0v) is 22.8. The molecule has 0 spiro atoms. The number of aliphatic hydroxyl groups excluding tert-OH is 6. The molecule has 12 heteroatoms. The molecule has 224 valence electrons. The molecule has 2 amide bonds. The number of carbonyl (C=O) groups excluding carboxylic acids is 2. The van der Waals surface area contributed by atoms with E-state index in [2.05, 4.69) is 10.6 Å². The molecule has 0 aromatic carbocycles. The van der Waals surface area contributed by atoms with Gasteiger partial charge in [0.1, 0.15) is 30.5 Å². The van der Waals surface area contributed by atoms with Gasteiger partial charge in [0.25, 0.3) is 0 Å². The van der Waals surface area contributed by atoms with Crippen LogP contribution in [0.25, 0.3) is 0 Å². The van der Waals surface area contributed by atoms with Crippen LogP contribution >= 0.6 is 0 Å². The third kappa shape index (κ3) is 13.1. The minimum Gasteiger partial charge on any atom is -0.394 e. The Hall–Kier alpha value is -1.38. The SMILES string of the molecule is CC[C@@H](O)[C@@H](O)[C@H](CO[C@H]1OC(CO)[C@H](O)[C@H](O)C1O)NC(=O)CCCCCCCCCCCNC(C)=O. The van der Waals surface area contributed by atoms with E-state index in [0.717, 1.165) is 57.9 Å². The third-order valence-corrected chi connectivity index (χ3v) is 6.81. The van der Waals surface area contributed by atoms with Gasteiger partial charge in [-0.05, 0) is 19.3 Å². The summed E-state index contributed by atoms with van der Waals surface area (Å²) >= 11 is 0. The number of unbranched alkanes of at least 4 members (excludes halogenated alkanes) is 8. The fraction of sp³-hybridized carbons (Fsp3) is 0.923. The maximum Gasteiger partial charge on any atom is 0.220 e. The molecular formula is C26H50N2O10. The van der Waals surface area contributed by atoms with Crippen LogP contribution in [0.2, 0.25) is 0 Å². The van der Waals surface area contributed by atoms with E-state index in [-0.39, 0.29) is 31.3 Å². The van der Waals surface area contributed by atoms with E-state index in [0.29, 0.717) is 6.42 Å². The van der Waals surface area contributed by atoms with E-state index in [1.54, 1.807) is 6.92 Å². The first-order valence-electron chi connectivity index (χ1n) is 13.9. The Morgan fingerprint density at radius 3 is 2.03 bits per heavy atom. The van der Waals surface area contributed by atoms with E-state index in [1.165, 1.54) is 6.92 Å². The molecule has 0 aromatic heterocycles. The average molecular weight is 551 g/mol. The van der Waals surface area contributed by atoms with E-state index in [9.17, 15) is 40.2 Å². The number of carbonyl (C=O) groups is 2. The lowest BCUT2D eigenvalue weighted by Gasteiger charge is -2.40. The van der Waals surface area contributed by atoms with Crippen molar-refractivity contribution in [2.75, 3.05) is 19.8 Å². The largest absolute Gasteiger partial charge is 0.394 e. The summed E-state index contributed by atoms with van der Waals surface area (Å²) in [5.74, 6) is -0.306. The van der Waals surface area contributed by atoms with Crippen molar-refractivity contribution < 1.29 is 49.7 Å². The summed E-state index contributed by atoms with van der Waals surface area (Å²) in [6.07, 6.45) is -0.107. The molecule has 1 rings (SSSR count). The fourth-order valence-corrected chi connectivity index (χ4v) is 4.33. The first-order chi connectivity index (χ1) is 18.1. The minimum absolute atomic E-state index is 0.00495. The van der Waals surface area contributed by atoms with Crippen LogP contribution in [-0.4, -0.2) is 111 Å². The highest BCUT2D eigenvalue weighted by Crippen LogP contribution is 2.22. The van der Waals surface area contributed by atoms with Gasteiger partial charge in [0.05, 0.1) is 25.4 Å². The number of nitrogens with one attached hydrogen (secondary N) is 2. The molecule has 1 fully saturated rings. The number of amides is 2. The molecule has 1 aliphatic heterocycles. The highest BCUT2D eigenvalue weighted by atomic mass is 16.7. The van der Waals surface area contributed by atoms with Crippen molar-refractivity contribution in [1.82, 2.24) is 10.6 Å². The predicted octanol–water partition coefficient (Wildman–Crippen LogP) is -0.543. The molecule has 1 aliphatic rings. The average Bonchev–Trinajstić information content (AvgIpc) is 2.90. The second-order valence-electron chi connectivity index (χ2n) is 10.1. The third-order valence-electron chi connectivity index (χ3n) is 6.81. The zero-order valence-electron chi connectivity index (χ0n) is 22.8. The summed E-state index contributed by atoms with van der Waals surface area (Å²) in [4.78, 5) is 23.3. The number of ether oxygens (including phenoxy) is 2. The number of rotatable bonds is 20. The van der Waals surface area contributed by atoms with Gasteiger partial charge in [-0.15, -0.1) is 0 Å². The quantitative estimate of drug-likeness (QED) is 0.0911. The molecule has 2 unspecified atom stereocenters. The lowest BCUT2D eigenvalue weighted by molar-refractivity contribution is -0.303. The second kappa shape index (κ2) is 19.6. The van der Waals surface area contributed by atoms with Crippen LogP contribution in [0.1, 0.15) is 84.5 Å². The molecule has 0 radical (unpaired) electrons. The number of hydrogen-bond acceptors (Lipinski definition) is 10. The standard InChI is InChI=1S/C26H50N2O10/c1-3-19(31)22(33)18(16-37-26-25(36)24(35)23(34)20(15-29)38-26)28-21(32)13-11-9-7-5-4-6-8-10-12-14-27-17(2)30/h18-20,22-26,29,31,33-36H,3-16H2,1-2H3,(H,27,30)(H,28,32)/t18-,19+,20?,22-,23-,24-,25?,26-/m0/s1. The lowest BCUT2D eigenvalue weighted by atomic mass is 9.99.